The van der Waals surface area contributed by atoms with Crippen molar-refractivity contribution in [3.05, 3.63) is 40.9 Å². The summed E-state index contributed by atoms with van der Waals surface area (Å²) in [6.45, 7) is 1.64. The summed E-state index contributed by atoms with van der Waals surface area (Å²) in [4.78, 5) is 3.98. The van der Waals surface area contributed by atoms with Crippen molar-refractivity contribution < 1.29 is 23.4 Å². The van der Waals surface area contributed by atoms with Crippen molar-refractivity contribution in [2.24, 2.45) is 5.10 Å². The second-order valence-corrected chi connectivity index (χ2v) is 6.01. The minimum atomic E-state index is -4.92. The van der Waals surface area contributed by atoms with Crippen molar-refractivity contribution in [3.8, 4) is 5.75 Å². The van der Waals surface area contributed by atoms with Gasteiger partial charge in [-0.1, -0.05) is 12.1 Å². The summed E-state index contributed by atoms with van der Waals surface area (Å²) in [6.07, 6.45) is -5.67. The number of aromatic hydroxyl groups is 1. The Balaban J connectivity index is 2.08. The molecule has 3 rings (SSSR count). The molecule has 0 spiro atoms. The zero-order valence-electron chi connectivity index (χ0n) is 11.9. The molecule has 0 saturated heterocycles. The van der Waals surface area contributed by atoms with Crippen LogP contribution in [-0.2, 0) is 0 Å². The van der Waals surface area contributed by atoms with Crippen molar-refractivity contribution in [2.45, 2.75) is 25.2 Å². The van der Waals surface area contributed by atoms with Gasteiger partial charge in [0.05, 0.1) is 17.8 Å². The van der Waals surface area contributed by atoms with Gasteiger partial charge in [-0.2, -0.15) is 23.3 Å². The van der Waals surface area contributed by atoms with Crippen LogP contribution >= 0.6 is 11.3 Å². The number of aliphatic hydroxyl groups is 1. The number of aromatic nitrogens is 1. The molecule has 1 aromatic heterocycles. The minimum absolute atomic E-state index is 0.0218. The van der Waals surface area contributed by atoms with Crippen LogP contribution in [0.15, 0.2) is 34.7 Å². The molecule has 0 amide bonds. The molecule has 2 heterocycles. The lowest BCUT2D eigenvalue weighted by atomic mass is 10.0. The number of thiazole rings is 1. The first kappa shape index (κ1) is 15.8. The molecule has 122 valence electrons. The molecule has 1 aliphatic rings. The molecule has 1 atom stereocenters. The van der Waals surface area contributed by atoms with Gasteiger partial charge in [-0.25, -0.2) is 4.98 Å². The zero-order chi connectivity index (χ0) is 16.8. The molecule has 0 radical (unpaired) electrons. The fourth-order valence-electron chi connectivity index (χ4n) is 2.25. The lowest BCUT2D eigenvalue weighted by Crippen LogP contribution is -2.55. The highest BCUT2D eigenvalue weighted by Crippen LogP contribution is 2.44. The number of anilines is 1. The summed E-state index contributed by atoms with van der Waals surface area (Å²) >= 11 is 0.964. The van der Waals surface area contributed by atoms with Gasteiger partial charge in [0, 0.05) is 10.9 Å². The van der Waals surface area contributed by atoms with Crippen molar-refractivity contribution in [3.63, 3.8) is 0 Å². The summed E-state index contributed by atoms with van der Waals surface area (Å²) in [5.74, 6) is -0.0932. The van der Waals surface area contributed by atoms with Gasteiger partial charge in [0.15, 0.2) is 0 Å². The van der Waals surface area contributed by atoms with Crippen LogP contribution < -0.4 is 5.01 Å². The molecule has 1 unspecified atom stereocenters. The van der Waals surface area contributed by atoms with E-state index < -0.39 is 18.3 Å². The summed E-state index contributed by atoms with van der Waals surface area (Å²) in [7, 11) is 0. The third-order valence-corrected chi connectivity index (χ3v) is 4.34. The number of hydrogen-bond donors (Lipinski definition) is 2. The molecular weight excluding hydrogens is 331 g/mol. The van der Waals surface area contributed by atoms with Crippen LogP contribution in [0.2, 0.25) is 0 Å². The van der Waals surface area contributed by atoms with E-state index in [1.807, 2.05) is 0 Å². The predicted molar refractivity (Wildman–Crippen MR) is 79.6 cm³/mol. The van der Waals surface area contributed by atoms with E-state index in [0.29, 0.717) is 16.3 Å². The first-order valence-corrected chi connectivity index (χ1v) is 7.47. The topological polar surface area (TPSA) is 69.0 Å². The largest absolute Gasteiger partial charge is 0.508 e. The van der Waals surface area contributed by atoms with Gasteiger partial charge in [-0.3, -0.25) is 0 Å². The van der Waals surface area contributed by atoms with Gasteiger partial charge in [-0.15, -0.1) is 11.3 Å². The zero-order valence-corrected chi connectivity index (χ0v) is 12.7. The Bertz CT molecular complexity index is 775. The molecular formula is C14H12F3N3O2S. The monoisotopic (exact) mass is 343 g/mol. The Morgan fingerprint density at radius 3 is 2.65 bits per heavy atom. The molecule has 0 fully saturated rings. The number of hydrazone groups is 1. The Morgan fingerprint density at radius 2 is 2.09 bits per heavy atom. The molecule has 0 saturated carbocycles. The average molecular weight is 343 g/mol. The van der Waals surface area contributed by atoms with Crippen LogP contribution in [-0.4, -0.2) is 32.8 Å². The standard InChI is InChI=1S/C14H12F3N3O2S/c1-8-7-23-12(18-8)20-13(22,14(15,16)17)6-11(19-20)9-3-2-4-10(21)5-9/h2-5,7,21-22H,6H2,1H3. The normalized spacial score (nSPS) is 21.6. The second-order valence-electron chi connectivity index (χ2n) is 5.17. The summed E-state index contributed by atoms with van der Waals surface area (Å²) in [5.41, 5.74) is -2.30. The van der Waals surface area contributed by atoms with E-state index in [1.54, 1.807) is 12.3 Å². The van der Waals surface area contributed by atoms with E-state index in [9.17, 15) is 23.4 Å². The first-order valence-electron chi connectivity index (χ1n) is 6.59. The molecule has 0 aliphatic carbocycles. The van der Waals surface area contributed by atoms with E-state index in [0.717, 1.165) is 11.3 Å². The Kier molecular flexibility index (Phi) is 3.56. The van der Waals surface area contributed by atoms with Crippen molar-refractivity contribution in [1.29, 1.82) is 0 Å². The molecule has 5 nitrogen and oxygen atoms in total. The number of phenols is 1. The van der Waals surface area contributed by atoms with Crippen LogP contribution in [0.1, 0.15) is 17.7 Å². The minimum Gasteiger partial charge on any atom is -0.508 e. The number of phenolic OH excluding ortho intramolecular Hbond substituents is 1. The highest BCUT2D eigenvalue weighted by molar-refractivity contribution is 7.13. The number of hydrogen-bond acceptors (Lipinski definition) is 6. The second kappa shape index (κ2) is 5.20. The fourth-order valence-corrected chi connectivity index (χ4v) is 3.07. The third kappa shape index (κ3) is 2.66. The van der Waals surface area contributed by atoms with Crippen molar-refractivity contribution >= 4 is 22.2 Å². The smallest absolute Gasteiger partial charge is 0.438 e. The van der Waals surface area contributed by atoms with Gasteiger partial charge < -0.3 is 10.2 Å². The number of aryl methyl sites for hydroxylation is 1. The number of nitrogens with zero attached hydrogens (tertiary/aromatic N) is 3. The van der Waals surface area contributed by atoms with Crippen LogP contribution in [0.5, 0.6) is 5.75 Å². The highest BCUT2D eigenvalue weighted by Gasteiger charge is 2.62. The van der Waals surface area contributed by atoms with Gasteiger partial charge >= 0.3 is 6.18 Å². The molecule has 2 aromatic rings. The van der Waals surface area contributed by atoms with Gasteiger partial charge in [0.1, 0.15) is 5.75 Å². The highest BCUT2D eigenvalue weighted by atomic mass is 32.1. The maximum Gasteiger partial charge on any atom is 0.438 e. The maximum absolute atomic E-state index is 13.4. The summed E-state index contributed by atoms with van der Waals surface area (Å²) in [5, 5.41) is 25.7. The van der Waals surface area contributed by atoms with Gasteiger partial charge in [0.25, 0.3) is 5.72 Å². The number of rotatable bonds is 2. The molecule has 2 N–H and O–H groups in total. The average Bonchev–Trinajstić information content (AvgIpc) is 3.02. The van der Waals surface area contributed by atoms with Gasteiger partial charge in [0.2, 0.25) is 5.13 Å². The number of halogens is 3. The van der Waals surface area contributed by atoms with E-state index >= 15 is 0 Å². The predicted octanol–water partition coefficient (Wildman–Crippen LogP) is 3.02. The Hall–Kier alpha value is -2.13. The Morgan fingerprint density at radius 1 is 1.35 bits per heavy atom. The maximum atomic E-state index is 13.4. The van der Waals surface area contributed by atoms with Crippen LogP contribution in [0.25, 0.3) is 0 Å². The van der Waals surface area contributed by atoms with Crippen molar-refractivity contribution in [1.82, 2.24) is 4.98 Å². The van der Waals surface area contributed by atoms with Crippen molar-refractivity contribution in [2.75, 3.05) is 5.01 Å². The van der Waals surface area contributed by atoms with E-state index in [4.69, 9.17) is 0 Å². The summed E-state index contributed by atoms with van der Waals surface area (Å²) < 4.78 is 40.3. The van der Waals surface area contributed by atoms with Gasteiger partial charge in [-0.05, 0) is 19.1 Å². The molecule has 1 aliphatic heterocycles. The quantitative estimate of drug-likeness (QED) is 0.879. The Labute approximate surface area is 133 Å². The molecule has 9 heteroatoms. The molecule has 0 bridgehead atoms. The molecule has 23 heavy (non-hydrogen) atoms. The fraction of sp³-hybridized carbons (Fsp3) is 0.286. The lowest BCUT2D eigenvalue weighted by Gasteiger charge is -2.32. The van der Waals surface area contributed by atoms with Crippen LogP contribution in [0, 0.1) is 6.92 Å². The SMILES string of the molecule is Cc1csc(N2N=C(c3cccc(O)c3)CC2(O)C(F)(F)F)n1. The summed E-state index contributed by atoms with van der Waals surface area (Å²) in [6, 6.07) is 5.71. The van der Waals surface area contributed by atoms with E-state index in [2.05, 4.69) is 10.1 Å². The van der Waals surface area contributed by atoms with Crippen LogP contribution in [0.3, 0.4) is 0 Å². The van der Waals surface area contributed by atoms with E-state index in [1.165, 1.54) is 24.3 Å². The van der Waals surface area contributed by atoms with Crippen LogP contribution in [0.4, 0.5) is 18.3 Å². The lowest BCUT2D eigenvalue weighted by molar-refractivity contribution is -0.254. The molecule has 1 aromatic carbocycles. The first-order chi connectivity index (χ1) is 10.7. The number of benzene rings is 1. The third-order valence-electron chi connectivity index (χ3n) is 3.41. The van der Waals surface area contributed by atoms with E-state index in [-0.39, 0.29) is 16.6 Å². The number of alkyl halides is 3.